The number of hydrogen-bond donors (Lipinski definition) is 1. The summed E-state index contributed by atoms with van der Waals surface area (Å²) in [6, 6.07) is -0.997. The molecule has 10 nitrogen and oxygen atoms in total. The van der Waals surface area contributed by atoms with Crippen molar-refractivity contribution in [1.82, 2.24) is 4.57 Å². The van der Waals surface area contributed by atoms with Crippen LogP contribution in [0.1, 0.15) is 52.0 Å². The molecule has 0 bridgehead atoms. The highest BCUT2D eigenvalue weighted by molar-refractivity contribution is 6.26. The van der Waals surface area contributed by atoms with Crippen molar-refractivity contribution in [3.05, 3.63) is 44.3 Å². The van der Waals surface area contributed by atoms with E-state index in [2.05, 4.69) is 10.0 Å². The standard InChI is InChI=1S/C16H16N4O6/c1-6-14(23)13-10(15(24)16(6)25-3)8(5-26-7(2)21)12-11(18-19-17)9(22)4-20(12)13/h9,11,22H,4-5H2,1-3H3/t9-,11+/m1/s1. The summed E-state index contributed by atoms with van der Waals surface area (Å²) in [6.45, 7) is 2.37. The van der Waals surface area contributed by atoms with Crippen molar-refractivity contribution in [2.75, 3.05) is 7.11 Å². The third-order valence-electron chi connectivity index (χ3n) is 4.55. The largest absolute Gasteiger partial charge is 0.492 e. The number of esters is 1. The Balaban J connectivity index is 2.29. The van der Waals surface area contributed by atoms with Crippen LogP contribution in [0.4, 0.5) is 0 Å². The molecule has 0 fully saturated rings. The number of ether oxygens (including phenoxy) is 2. The molecular weight excluding hydrogens is 344 g/mol. The number of carbonyl (C=O) groups is 3. The molecule has 1 aliphatic carbocycles. The summed E-state index contributed by atoms with van der Waals surface area (Å²) in [6.07, 6.45) is -1.06. The van der Waals surface area contributed by atoms with E-state index in [-0.39, 0.29) is 41.3 Å². The molecule has 1 aromatic heterocycles. The van der Waals surface area contributed by atoms with Crippen molar-refractivity contribution in [3.63, 3.8) is 0 Å². The molecule has 0 saturated heterocycles. The van der Waals surface area contributed by atoms with Crippen molar-refractivity contribution < 1.29 is 29.0 Å². The van der Waals surface area contributed by atoms with Gasteiger partial charge in [0.15, 0.2) is 5.76 Å². The Morgan fingerprint density at radius 1 is 1.42 bits per heavy atom. The second-order valence-corrected chi connectivity index (χ2v) is 6.01. The van der Waals surface area contributed by atoms with Crippen LogP contribution in [0.2, 0.25) is 0 Å². The first-order chi connectivity index (χ1) is 12.3. The van der Waals surface area contributed by atoms with Gasteiger partial charge in [0, 0.05) is 35.2 Å². The fourth-order valence-electron chi connectivity index (χ4n) is 3.48. The zero-order valence-electron chi connectivity index (χ0n) is 14.3. The maximum absolute atomic E-state index is 12.9. The molecule has 136 valence electrons. The van der Waals surface area contributed by atoms with Gasteiger partial charge in [-0.2, -0.15) is 0 Å². The monoisotopic (exact) mass is 360 g/mol. The number of hydrogen-bond acceptors (Lipinski definition) is 7. The Bertz CT molecular complexity index is 922. The predicted octanol–water partition coefficient (Wildman–Crippen LogP) is 1.58. The maximum Gasteiger partial charge on any atom is 0.302 e. The Kier molecular flexibility index (Phi) is 4.31. The quantitative estimate of drug-likeness (QED) is 0.373. The Hall–Kier alpha value is -3.10. The first-order valence-corrected chi connectivity index (χ1v) is 7.78. The summed E-state index contributed by atoms with van der Waals surface area (Å²) in [7, 11) is 1.29. The van der Waals surface area contributed by atoms with Gasteiger partial charge in [0.25, 0.3) is 0 Å². The van der Waals surface area contributed by atoms with Gasteiger partial charge >= 0.3 is 5.97 Å². The summed E-state index contributed by atoms with van der Waals surface area (Å²) in [4.78, 5) is 39.7. The normalized spacial score (nSPS) is 21.2. The van der Waals surface area contributed by atoms with E-state index in [0.717, 1.165) is 0 Å². The average molecular weight is 360 g/mol. The van der Waals surface area contributed by atoms with Crippen LogP contribution < -0.4 is 0 Å². The molecule has 1 N–H and O–H groups in total. The van der Waals surface area contributed by atoms with Gasteiger partial charge in [0.2, 0.25) is 11.6 Å². The number of allylic oxidation sites excluding steroid dienone is 2. The molecule has 0 saturated carbocycles. The molecule has 1 aliphatic heterocycles. The highest BCUT2D eigenvalue weighted by atomic mass is 16.5. The maximum atomic E-state index is 12.9. The molecule has 0 aromatic carbocycles. The number of nitrogens with zero attached hydrogens (tertiary/aromatic N) is 4. The molecule has 2 atom stereocenters. The fourth-order valence-corrected chi connectivity index (χ4v) is 3.48. The number of methoxy groups -OCH3 is 1. The van der Waals surface area contributed by atoms with E-state index in [1.807, 2.05) is 0 Å². The third-order valence-corrected chi connectivity index (χ3v) is 4.55. The first kappa shape index (κ1) is 17.7. The predicted molar refractivity (Wildman–Crippen MR) is 86.2 cm³/mol. The van der Waals surface area contributed by atoms with Crippen LogP contribution in [-0.4, -0.2) is 40.4 Å². The zero-order valence-corrected chi connectivity index (χ0v) is 14.3. The molecule has 26 heavy (non-hydrogen) atoms. The molecule has 0 amide bonds. The van der Waals surface area contributed by atoms with Crippen LogP contribution in [0.3, 0.4) is 0 Å². The van der Waals surface area contributed by atoms with Gasteiger partial charge in [0.1, 0.15) is 18.3 Å². The zero-order chi connectivity index (χ0) is 19.2. The Labute approximate surface area is 147 Å². The van der Waals surface area contributed by atoms with E-state index >= 15 is 0 Å². The van der Waals surface area contributed by atoms with Gasteiger partial charge in [0.05, 0.1) is 18.8 Å². The topological polar surface area (TPSA) is 144 Å². The summed E-state index contributed by atoms with van der Waals surface area (Å²) in [5, 5.41) is 13.8. The number of Topliss-reactive ketones (excluding diaryl/α,β-unsaturated/α-hetero) is 2. The lowest BCUT2D eigenvalue weighted by atomic mass is 9.90. The number of aliphatic hydroxyl groups excluding tert-OH is 1. The van der Waals surface area contributed by atoms with Crippen molar-refractivity contribution in [1.29, 1.82) is 0 Å². The van der Waals surface area contributed by atoms with Crippen molar-refractivity contribution in [2.24, 2.45) is 5.11 Å². The average Bonchev–Trinajstić information content (AvgIpc) is 3.06. The van der Waals surface area contributed by atoms with Crippen LogP contribution >= 0.6 is 0 Å². The second kappa shape index (κ2) is 6.32. The number of azide groups is 1. The van der Waals surface area contributed by atoms with E-state index in [1.165, 1.54) is 25.5 Å². The second-order valence-electron chi connectivity index (χ2n) is 6.01. The minimum absolute atomic E-state index is 0.0178. The number of rotatable bonds is 4. The minimum Gasteiger partial charge on any atom is -0.492 e. The van der Waals surface area contributed by atoms with Gasteiger partial charge in [-0.25, -0.2) is 0 Å². The van der Waals surface area contributed by atoms with E-state index in [9.17, 15) is 19.5 Å². The minimum atomic E-state index is -1.06. The number of fused-ring (bicyclic) bond motifs is 3. The van der Waals surface area contributed by atoms with Gasteiger partial charge in [-0.15, -0.1) is 0 Å². The lowest BCUT2D eigenvalue weighted by molar-refractivity contribution is -0.142. The van der Waals surface area contributed by atoms with Gasteiger partial charge in [-0.3, -0.25) is 14.4 Å². The van der Waals surface area contributed by atoms with Gasteiger partial charge in [-0.05, 0) is 12.5 Å². The van der Waals surface area contributed by atoms with Crippen LogP contribution in [-0.2, 0) is 27.4 Å². The molecular formula is C16H16N4O6. The molecule has 3 rings (SSSR count). The van der Waals surface area contributed by atoms with E-state index in [0.29, 0.717) is 5.69 Å². The van der Waals surface area contributed by atoms with E-state index < -0.39 is 29.7 Å². The fraction of sp³-hybridized carbons (Fsp3) is 0.438. The Morgan fingerprint density at radius 2 is 2.12 bits per heavy atom. The van der Waals surface area contributed by atoms with E-state index in [4.69, 9.17) is 15.0 Å². The molecule has 10 heteroatoms. The first-order valence-electron chi connectivity index (χ1n) is 7.78. The number of carbonyl (C=O) groups excluding carboxylic acids is 3. The lowest BCUT2D eigenvalue weighted by Gasteiger charge is -2.18. The molecule has 2 heterocycles. The van der Waals surface area contributed by atoms with Crippen molar-refractivity contribution >= 4 is 17.5 Å². The molecule has 0 radical (unpaired) electrons. The Morgan fingerprint density at radius 3 is 2.69 bits per heavy atom. The van der Waals surface area contributed by atoms with Gasteiger partial charge < -0.3 is 19.1 Å². The van der Waals surface area contributed by atoms with Crippen LogP contribution in [0.25, 0.3) is 10.4 Å². The molecule has 1 aromatic rings. The summed E-state index contributed by atoms with van der Waals surface area (Å²) in [5.74, 6) is -1.61. The summed E-state index contributed by atoms with van der Waals surface area (Å²) in [5.41, 5.74) is 9.62. The third kappa shape index (κ3) is 2.39. The van der Waals surface area contributed by atoms with Crippen LogP contribution in [0.15, 0.2) is 16.4 Å². The molecule has 0 spiro atoms. The summed E-state index contributed by atoms with van der Waals surface area (Å²) >= 11 is 0. The lowest BCUT2D eigenvalue weighted by Crippen LogP contribution is -2.25. The SMILES string of the molecule is COC1=C(C)C(=O)c2c(c(COC(C)=O)c3n2C[C@@H](O)[C@@H]3N=[N+]=[N-])C1=O. The van der Waals surface area contributed by atoms with Crippen LogP contribution in [0, 0.1) is 0 Å². The van der Waals surface area contributed by atoms with Crippen LogP contribution in [0.5, 0.6) is 0 Å². The molecule has 0 unspecified atom stereocenters. The van der Waals surface area contributed by atoms with E-state index in [1.54, 1.807) is 0 Å². The smallest absolute Gasteiger partial charge is 0.302 e. The van der Waals surface area contributed by atoms with Crippen molar-refractivity contribution in [3.8, 4) is 0 Å². The highest BCUT2D eigenvalue weighted by Gasteiger charge is 2.44. The highest BCUT2D eigenvalue weighted by Crippen LogP contribution is 2.42. The number of ketones is 2. The summed E-state index contributed by atoms with van der Waals surface area (Å²) < 4.78 is 11.6. The number of aliphatic hydroxyl groups is 1. The van der Waals surface area contributed by atoms with Gasteiger partial charge in [-0.1, -0.05) is 5.11 Å². The van der Waals surface area contributed by atoms with Crippen molar-refractivity contribution in [2.45, 2.75) is 39.1 Å². The number of aromatic nitrogens is 1. The molecule has 2 aliphatic rings.